The van der Waals surface area contributed by atoms with Crippen LogP contribution in [0.5, 0.6) is 0 Å². The molecule has 110 valence electrons. The summed E-state index contributed by atoms with van der Waals surface area (Å²) in [7, 11) is 0. The highest BCUT2D eigenvalue weighted by Gasteiger charge is 2.39. The summed E-state index contributed by atoms with van der Waals surface area (Å²) in [6.45, 7) is 10.2. The Morgan fingerprint density at radius 1 is 1.15 bits per heavy atom. The molecule has 1 aliphatic carbocycles. The molecule has 20 heavy (non-hydrogen) atoms. The number of hydrogen-bond acceptors (Lipinski definition) is 2. The predicted octanol–water partition coefficient (Wildman–Crippen LogP) is 3.41. The predicted molar refractivity (Wildman–Crippen MR) is 85.0 cm³/mol. The van der Waals surface area contributed by atoms with Crippen LogP contribution in [0.4, 0.5) is 0 Å². The molecular formula is C18H28N2. The maximum absolute atomic E-state index is 3.84. The molecule has 1 N–H and O–H groups in total. The zero-order chi connectivity index (χ0) is 14.2. The SMILES string of the molecule is Cc1cc(C)cc(CN2CC3(CCCC3)NCC2C)c1. The van der Waals surface area contributed by atoms with Crippen LogP contribution in [0.25, 0.3) is 0 Å². The zero-order valence-corrected chi connectivity index (χ0v) is 13.2. The van der Waals surface area contributed by atoms with Crippen LogP contribution in [0.3, 0.4) is 0 Å². The Kier molecular flexibility index (Phi) is 3.87. The number of nitrogens with zero attached hydrogens (tertiary/aromatic N) is 1. The van der Waals surface area contributed by atoms with Gasteiger partial charge in [-0.05, 0) is 39.2 Å². The van der Waals surface area contributed by atoms with Crippen LogP contribution in [-0.4, -0.2) is 29.6 Å². The first-order valence-electron chi connectivity index (χ1n) is 8.13. The third-order valence-electron chi connectivity index (χ3n) is 5.13. The van der Waals surface area contributed by atoms with Crippen LogP contribution < -0.4 is 5.32 Å². The molecule has 0 amide bonds. The molecule has 2 fully saturated rings. The normalized spacial score (nSPS) is 26.2. The summed E-state index contributed by atoms with van der Waals surface area (Å²) in [5.74, 6) is 0. The third kappa shape index (κ3) is 2.91. The number of hydrogen-bond donors (Lipinski definition) is 1. The van der Waals surface area contributed by atoms with Gasteiger partial charge in [-0.15, -0.1) is 0 Å². The lowest BCUT2D eigenvalue weighted by Gasteiger charge is -2.45. The van der Waals surface area contributed by atoms with E-state index in [0.29, 0.717) is 11.6 Å². The van der Waals surface area contributed by atoms with Crippen molar-refractivity contribution in [2.75, 3.05) is 13.1 Å². The van der Waals surface area contributed by atoms with E-state index >= 15 is 0 Å². The van der Waals surface area contributed by atoms with Gasteiger partial charge in [0.15, 0.2) is 0 Å². The smallest absolute Gasteiger partial charge is 0.0309 e. The Morgan fingerprint density at radius 2 is 1.80 bits per heavy atom. The van der Waals surface area contributed by atoms with Crippen LogP contribution >= 0.6 is 0 Å². The Morgan fingerprint density at radius 3 is 2.45 bits per heavy atom. The van der Waals surface area contributed by atoms with E-state index in [2.05, 4.69) is 49.2 Å². The summed E-state index contributed by atoms with van der Waals surface area (Å²) in [4.78, 5) is 2.69. The van der Waals surface area contributed by atoms with Gasteiger partial charge in [-0.1, -0.05) is 42.2 Å². The summed E-state index contributed by atoms with van der Waals surface area (Å²) < 4.78 is 0. The second-order valence-electron chi connectivity index (χ2n) is 7.12. The highest BCUT2D eigenvalue weighted by molar-refractivity contribution is 5.28. The molecule has 3 rings (SSSR count). The molecule has 1 atom stereocenters. The second kappa shape index (κ2) is 5.50. The van der Waals surface area contributed by atoms with Gasteiger partial charge >= 0.3 is 0 Å². The molecule has 2 nitrogen and oxygen atoms in total. The van der Waals surface area contributed by atoms with Gasteiger partial charge in [-0.2, -0.15) is 0 Å². The Bertz CT molecular complexity index is 454. The van der Waals surface area contributed by atoms with E-state index < -0.39 is 0 Å². The van der Waals surface area contributed by atoms with E-state index in [4.69, 9.17) is 0 Å². The molecule has 1 saturated heterocycles. The molecule has 1 saturated carbocycles. The van der Waals surface area contributed by atoms with Crippen molar-refractivity contribution in [2.24, 2.45) is 0 Å². The van der Waals surface area contributed by atoms with Crippen molar-refractivity contribution < 1.29 is 0 Å². The molecule has 1 spiro atoms. The van der Waals surface area contributed by atoms with Crippen molar-refractivity contribution in [1.82, 2.24) is 10.2 Å². The molecule has 2 heteroatoms. The van der Waals surface area contributed by atoms with E-state index in [1.54, 1.807) is 0 Å². The second-order valence-corrected chi connectivity index (χ2v) is 7.12. The molecular weight excluding hydrogens is 244 g/mol. The van der Waals surface area contributed by atoms with Crippen LogP contribution in [0.2, 0.25) is 0 Å². The number of rotatable bonds is 2. The van der Waals surface area contributed by atoms with E-state index in [-0.39, 0.29) is 0 Å². The molecule has 2 aliphatic rings. The average molecular weight is 272 g/mol. The van der Waals surface area contributed by atoms with E-state index in [9.17, 15) is 0 Å². The van der Waals surface area contributed by atoms with Crippen molar-refractivity contribution in [2.45, 2.75) is 64.6 Å². The van der Waals surface area contributed by atoms with E-state index in [0.717, 1.165) is 13.1 Å². The van der Waals surface area contributed by atoms with E-state index in [1.807, 2.05) is 0 Å². The molecule has 1 aromatic carbocycles. The van der Waals surface area contributed by atoms with Gasteiger partial charge in [0.05, 0.1) is 0 Å². The van der Waals surface area contributed by atoms with Gasteiger partial charge in [0, 0.05) is 31.2 Å². The number of nitrogens with one attached hydrogen (secondary N) is 1. The fourth-order valence-corrected chi connectivity index (χ4v) is 4.09. The van der Waals surface area contributed by atoms with Crippen molar-refractivity contribution in [3.63, 3.8) is 0 Å². The maximum atomic E-state index is 3.84. The van der Waals surface area contributed by atoms with Gasteiger partial charge in [-0.3, -0.25) is 4.90 Å². The number of aryl methyl sites for hydroxylation is 2. The summed E-state index contributed by atoms with van der Waals surface area (Å²) in [6.07, 6.45) is 5.53. The summed E-state index contributed by atoms with van der Waals surface area (Å²) in [5.41, 5.74) is 4.67. The largest absolute Gasteiger partial charge is 0.308 e. The fraction of sp³-hybridized carbons (Fsp3) is 0.667. The van der Waals surface area contributed by atoms with E-state index in [1.165, 1.54) is 48.9 Å². The van der Waals surface area contributed by atoms with Gasteiger partial charge in [0.25, 0.3) is 0 Å². The van der Waals surface area contributed by atoms with Crippen molar-refractivity contribution in [3.8, 4) is 0 Å². The lowest BCUT2D eigenvalue weighted by atomic mass is 9.92. The summed E-state index contributed by atoms with van der Waals surface area (Å²) in [5, 5.41) is 3.84. The lowest BCUT2D eigenvalue weighted by Crippen LogP contribution is -2.62. The Balaban J connectivity index is 1.74. The third-order valence-corrected chi connectivity index (χ3v) is 5.13. The molecule has 0 bridgehead atoms. The van der Waals surface area contributed by atoms with Gasteiger partial charge in [0.2, 0.25) is 0 Å². The molecule has 1 aliphatic heterocycles. The topological polar surface area (TPSA) is 15.3 Å². The molecule has 1 unspecified atom stereocenters. The Labute approximate surface area is 123 Å². The maximum Gasteiger partial charge on any atom is 0.0309 e. The molecule has 0 aromatic heterocycles. The average Bonchev–Trinajstić information content (AvgIpc) is 2.81. The standard InChI is InChI=1S/C18H28N2/c1-14-8-15(2)10-17(9-14)12-20-13-18(6-4-5-7-18)19-11-16(20)3/h8-10,16,19H,4-7,11-13H2,1-3H3. The molecule has 1 aromatic rings. The first-order chi connectivity index (χ1) is 9.56. The minimum Gasteiger partial charge on any atom is -0.308 e. The quantitative estimate of drug-likeness (QED) is 0.887. The Hall–Kier alpha value is -0.860. The highest BCUT2D eigenvalue weighted by Crippen LogP contribution is 2.33. The van der Waals surface area contributed by atoms with Gasteiger partial charge in [-0.25, -0.2) is 0 Å². The minimum atomic E-state index is 0.422. The monoisotopic (exact) mass is 272 g/mol. The minimum absolute atomic E-state index is 0.422. The van der Waals surface area contributed by atoms with Crippen molar-refractivity contribution in [1.29, 1.82) is 0 Å². The van der Waals surface area contributed by atoms with Crippen molar-refractivity contribution >= 4 is 0 Å². The first-order valence-corrected chi connectivity index (χ1v) is 8.13. The van der Waals surface area contributed by atoms with Crippen molar-refractivity contribution in [3.05, 3.63) is 34.9 Å². The summed E-state index contributed by atoms with van der Waals surface area (Å²) in [6, 6.07) is 7.61. The number of benzene rings is 1. The van der Waals surface area contributed by atoms with Crippen LogP contribution in [-0.2, 0) is 6.54 Å². The fourth-order valence-electron chi connectivity index (χ4n) is 4.09. The molecule has 1 heterocycles. The van der Waals surface area contributed by atoms with Crippen LogP contribution in [0.1, 0.15) is 49.3 Å². The first kappa shape index (κ1) is 14.1. The van der Waals surface area contributed by atoms with Crippen LogP contribution in [0.15, 0.2) is 18.2 Å². The number of piperazine rings is 1. The molecule has 0 radical (unpaired) electrons. The van der Waals surface area contributed by atoms with Crippen LogP contribution in [0, 0.1) is 13.8 Å². The zero-order valence-electron chi connectivity index (χ0n) is 13.2. The van der Waals surface area contributed by atoms with Gasteiger partial charge < -0.3 is 5.32 Å². The highest BCUT2D eigenvalue weighted by atomic mass is 15.2. The summed E-state index contributed by atoms with van der Waals surface area (Å²) >= 11 is 0. The van der Waals surface area contributed by atoms with Gasteiger partial charge in [0.1, 0.15) is 0 Å². The lowest BCUT2D eigenvalue weighted by molar-refractivity contribution is 0.0826.